The highest BCUT2D eigenvalue weighted by Crippen LogP contribution is 2.42. The molecule has 0 heterocycles. The smallest absolute Gasteiger partial charge is 0.0468 e. The molecule has 0 saturated carbocycles. The van der Waals surface area contributed by atoms with Crippen LogP contribution in [-0.4, -0.2) is 0 Å². The van der Waals surface area contributed by atoms with Crippen LogP contribution in [0.25, 0.3) is 97.7 Å². The molecule has 0 aliphatic rings. The summed E-state index contributed by atoms with van der Waals surface area (Å²) in [4.78, 5) is 2.40. The Kier molecular flexibility index (Phi) is 7.61. The zero-order chi connectivity index (χ0) is 38.9. The highest BCUT2D eigenvalue weighted by molar-refractivity contribution is 6.26. The van der Waals surface area contributed by atoms with Crippen molar-refractivity contribution in [1.82, 2.24) is 0 Å². The fourth-order valence-corrected chi connectivity index (χ4v) is 9.47. The van der Waals surface area contributed by atoms with Crippen molar-refractivity contribution < 1.29 is 0 Å². The molecule has 1 heteroatoms. The molecule has 0 N–H and O–H groups in total. The summed E-state index contributed by atoms with van der Waals surface area (Å²) in [5.41, 5.74) is 8.14. The van der Waals surface area contributed by atoms with Crippen molar-refractivity contribution in [3.05, 3.63) is 224 Å². The van der Waals surface area contributed by atoms with Crippen LogP contribution in [0.1, 0.15) is 0 Å². The lowest BCUT2D eigenvalue weighted by Crippen LogP contribution is -2.10. The van der Waals surface area contributed by atoms with E-state index in [1.165, 1.54) is 97.7 Å². The van der Waals surface area contributed by atoms with Crippen LogP contribution in [0.15, 0.2) is 224 Å². The van der Waals surface area contributed by atoms with Gasteiger partial charge in [0.25, 0.3) is 0 Å². The summed E-state index contributed by atoms with van der Waals surface area (Å²) in [5.74, 6) is 0. The lowest BCUT2D eigenvalue weighted by atomic mass is 9.94. The van der Waals surface area contributed by atoms with E-state index in [1.807, 2.05) is 0 Å². The van der Waals surface area contributed by atoms with E-state index in [4.69, 9.17) is 0 Å². The second-order valence-electron chi connectivity index (χ2n) is 15.7. The van der Waals surface area contributed by atoms with Crippen molar-refractivity contribution in [1.29, 1.82) is 0 Å². The maximum Gasteiger partial charge on any atom is 0.0468 e. The van der Waals surface area contributed by atoms with Gasteiger partial charge >= 0.3 is 0 Å². The minimum absolute atomic E-state index is 1.11. The zero-order valence-corrected chi connectivity index (χ0v) is 32.3. The van der Waals surface area contributed by atoms with Crippen molar-refractivity contribution in [3.63, 3.8) is 0 Å². The first-order valence-corrected chi connectivity index (χ1v) is 20.4. The van der Waals surface area contributed by atoms with Crippen LogP contribution in [0.5, 0.6) is 0 Å². The molecule has 0 unspecified atom stereocenters. The Labute approximate surface area is 342 Å². The predicted molar refractivity (Wildman–Crippen MR) is 255 cm³/mol. The molecule has 0 aliphatic carbocycles. The topological polar surface area (TPSA) is 3.24 Å². The van der Waals surface area contributed by atoms with Gasteiger partial charge < -0.3 is 4.90 Å². The highest BCUT2D eigenvalue weighted by Gasteiger charge is 2.17. The SMILES string of the molecule is c1ccc2c(c1)ccc1cc(-c3ccc(N(c4ccc(-c5ccc6c(ccc7ccccc76)c5)cc4)c4ccc5c6ccccc6c6ccccc6c5c4)cc3)ccc12. The van der Waals surface area contributed by atoms with Crippen molar-refractivity contribution >= 4 is 92.5 Å². The van der Waals surface area contributed by atoms with Crippen molar-refractivity contribution in [2.45, 2.75) is 0 Å². The number of hydrogen-bond acceptors (Lipinski definition) is 1. The Morgan fingerprint density at radius 3 is 0.983 bits per heavy atom. The molecule has 0 saturated heterocycles. The standard InChI is InChI=1S/C58H37N/c1-3-11-49-40(9-1)17-19-44-35-42(25-32-51(44)49)38-21-27-46(28-22-38)59(48-31-34-57-55-15-6-5-13-53(55)54-14-7-8-16-56(54)58(57)37-48)47-29-23-39(24-30-47)43-26-33-52-45(36-43)20-18-41-10-2-4-12-50(41)52/h1-37H. The predicted octanol–water partition coefficient (Wildman–Crippen LogP) is 16.6. The third kappa shape index (κ3) is 5.55. The van der Waals surface area contributed by atoms with Gasteiger partial charge in [-0.15, -0.1) is 0 Å². The van der Waals surface area contributed by atoms with E-state index in [9.17, 15) is 0 Å². The van der Waals surface area contributed by atoms with Crippen LogP contribution >= 0.6 is 0 Å². The van der Waals surface area contributed by atoms with Gasteiger partial charge in [-0.25, -0.2) is 0 Å². The molecule has 0 atom stereocenters. The lowest BCUT2D eigenvalue weighted by molar-refractivity contribution is 1.29. The van der Waals surface area contributed by atoms with Gasteiger partial charge in [-0.3, -0.25) is 0 Å². The Morgan fingerprint density at radius 1 is 0.186 bits per heavy atom. The molecule has 0 amide bonds. The molecule has 0 aliphatic heterocycles. The third-order valence-electron chi connectivity index (χ3n) is 12.4. The average Bonchev–Trinajstić information content (AvgIpc) is 3.31. The summed E-state index contributed by atoms with van der Waals surface area (Å²) in [5, 5.41) is 17.8. The third-order valence-corrected chi connectivity index (χ3v) is 12.4. The van der Waals surface area contributed by atoms with Crippen LogP contribution in [0.4, 0.5) is 17.1 Å². The van der Waals surface area contributed by atoms with E-state index < -0.39 is 0 Å². The Morgan fingerprint density at radius 2 is 0.508 bits per heavy atom. The minimum Gasteiger partial charge on any atom is -0.310 e. The van der Waals surface area contributed by atoms with E-state index in [2.05, 4.69) is 229 Å². The van der Waals surface area contributed by atoms with Gasteiger partial charge in [0.15, 0.2) is 0 Å². The number of benzene rings is 12. The molecule has 0 fully saturated rings. The summed E-state index contributed by atoms with van der Waals surface area (Å²) in [6, 6.07) is 82.6. The first kappa shape index (κ1) is 33.4. The Balaban J connectivity index is 0.978. The van der Waals surface area contributed by atoms with Gasteiger partial charge in [0.1, 0.15) is 0 Å². The zero-order valence-electron chi connectivity index (χ0n) is 32.3. The van der Waals surface area contributed by atoms with E-state index in [-0.39, 0.29) is 0 Å². The summed E-state index contributed by atoms with van der Waals surface area (Å²) in [7, 11) is 0. The monoisotopic (exact) mass is 747 g/mol. The summed E-state index contributed by atoms with van der Waals surface area (Å²) in [6.45, 7) is 0. The number of fused-ring (bicyclic) bond motifs is 12. The maximum absolute atomic E-state index is 2.40. The van der Waals surface area contributed by atoms with Gasteiger partial charge in [0, 0.05) is 17.1 Å². The van der Waals surface area contributed by atoms with Gasteiger partial charge in [-0.05, 0) is 146 Å². The normalized spacial score (nSPS) is 11.7. The number of anilines is 3. The number of nitrogens with zero attached hydrogens (tertiary/aromatic N) is 1. The van der Waals surface area contributed by atoms with E-state index in [1.54, 1.807) is 0 Å². The maximum atomic E-state index is 2.40. The second kappa shape index (κ2) is 13.4. The molecule has 274 valence electrons. The first-order chi connectivity index (χ1) is 29.2. The van der Waals surface area contributed by atoms with Crippen LogP contribution in [0, 0.1) is 0 Å². The molecule has 12 aromatic rings. The van der Waals surface area contributed by atoms with Gasteiger partial charge in [0.2, 0.25) is 0 Å². The van der Waals surface area contributed by atoms with Crippen molar-refractivity contribution in [2.75, 3.05) is 4.90 Å². The molecular weight excluding hydrogens is 711 g/mol. The molecular formula is C58H37N. The van der Waals surface area contributed by atoms with Crippen LogP contribution in [-0.2, 0) is 0 Å². The van der Waals surface area contributed by atoms with Crippen LogP contribution < -0.4 is 4.90 Å². The van der Waals surface area contributed by atoms with Crippen molar-refractivity contribution in [3.8, 4) is 22.3 Å². The average molecular weight is 748 g/mol. The summed E-state index contributed by atoms with van der Waals surface area (Å²) < 4.78 is 0. The molecule has 0 aromatic heterocycles. The largest absolute Gasteiger partial charge is 0.310 e. The highest BCUT2D eigenvalue weighted by atomic mass is 15.1. The summed E-state index contributed by atoms with van der Waals surface area (Å²) >= 11 is 0. The molecule has 59 heavy (non-hydrogen) atoms. The fourth-order valence-electron chi connectivity index (χ4n) is 9.47. The molecule has 0 bridgehead atoms. The Bertz CT molecular complexity index is 3400. The molecule has 0 spiro atoms. The fraction of sp³-hybridized carbons (Fsp3) is 0. The van der Waals surface area contributed by atoms with E-state index >= 15 is 0 Å². The Hall–Kier alpha value is -7.74. The summed E-state index contributed by atoms with van der Waals surface area (Å²) in [6.07, 6.45) is 0. The number of rotatable bonds is 5. The van der Waals surface area contributed by atoms with Gasteiger partial charge in [0.05, 0.1) is 0 Å². The molecule has 1 nitrogen and oxygen atoms in total. The van der Waals surface area contributed by atoms with Crippen LogP contribution in [0.3, 0.4) is 0 Å². The van der Waals surface area contributed by atoms with Crippen molar-refractivity contribution in [2.24, 2.45) is 0 Å². The minimum atomic E-state index is 1.11. The second-order valence-corrected chi connectivity index (χ2v) is 15.7. The lowest BCUT2D eigenvalue weighted by Gasteiger charge is -2.27. The van der Waals surface area contributed by atoms with Gasteiger partial charge in [-0.2, -0.15) is 0 Å². The molecule has 0 radical (unpaired) electrons. The van der Waals surface area contributed by atoms with E-state index in [0.717, 1.165) is 17.1 Å². The number of hydrogen-bond donors (Lipinski definition) is 0. The molecule has 12 aromatic carbocycles. The van der Waals surface area contributed by atoms with E-state index in [0.29, 0.717) is 0 Å². The van der Waals surface area contributed by atoms with Crippen LogP contribution in [0.2, 0.25) is 0 Å². The molecule has 12 rings (SSSR count). The van der Waals surface area contributed by atoms with Gasteiger partial charge in [-0.1, -0.05) is 176 Å². The quantitative estimate of drug-likeness (QED) is 0.159. The first-order valence-electron chi connectivity index (χ1n) is 20.4.